The Hall–Kier alpha value is -1.71. The Morgan fingerprint density at radius 3 is 2.35 bits per heavy atom. The zero-order chi connectivity index (χ0) is 26.5. The van der Waals surface area contributed by atoms with Crippen molar-refractivity contribution in [1.82, 2.24) is 14.5 Å². The molecule has 37 heavy (non-hydrogen) atoms. The third-order valence-electron chi connectivity index (χ3n) is 7.71. The summed E-state index contributed by atoms with van der Waals surface area (Å²) in [5, 5.41) is 0.705. The molecule has 2 atom stereocenters. The summed E-state index contributed by atoms with van der Waals surface area (Å²) in [7, 11) is -3.74. The van der Waals surface area contributed by atoms with Crippen LogP contribution in [0.15, 0.2) is 30.3 Å². The lowest BCUT2D eigenvalue weighted by Crippen LogP contribution is -2.52. The number of sulfonamides is 1. The van der Waals surface area contributed by atoms with Crippen LogP contribution in [0.2, 0.25) is 10.0 Å². The number of nitrogens with one attached hydrogen (secondary N) is 1. The first kappa shape index (κ1) is 26.9. The second-order valence-corrected chi connectivity index (χ2v) is 13.5. The van der Waals surface area contributed by atoms with Crippen molar-refractivity contribution in [2.45, 2.75) is 69.3 Å². The SMILES string of the molecule is CC1CN(Cc2cc(F)c(C(=O)NS(=O)(=O)C3CC3)cc2C2CC2)CCN1[C@H](C)c1cc(Cl)cc(Cl)c1. The van der Waals surface area contributed by atoms with Crippen LogP contribution < -0.4 is 4.72 Å². The van der Waals surface area contributed by atoms with Crippen LogP contribution in [0.5, 0.6) is 0 Å². The number of benzene rings is 2. The third-order valence-corrected chi connectivity index (χ3v) is 9.97. The minimum Gasteiger partial charge on any atom is -0.296 e. The molecule has 200 valence electrons. The Balaban J connectivity index is 1.29. The highest BCUT2D eigenvalue weighted by atomic mass is 35.5. The van der Waals surface area contributed by atoms with E-state index in [0.717, 1.165) is 49.2 Å². The number of piperazine rings is 1. The molecule has 10 heteroatoms. The molecule has 0 radical (unpaired) electrons. The molecule has 0 aromatic heterocycles. The highest BCUT2D eigenvalue weighted by Gasteiger charge is 2.38. The van der Waals surface area contributed by atoms with Gasteiger partial charge >= 0.3 is 0 Å². The lowest BCUT2D eigenvalue weighted by atomic mass is 9.97. The molecule has 1 N–H and O–H groups in total. The number of carbonyl (C=O) groups excluding carboxylic acids is 1. The lowest BCUT2D eigenvalue weighted by molar-refractivity contribution is 0.0503. The fourth-order valence-corrected chi connectivity index (χ4v) is 7.21. The first-order valence-electron chi connectivity index (χ1n) is 12.8. The summed E-state index contributed by atoms with van der Waals surface area (Å²) in [5.41, 5.74) is 2.71. The van der Waals surface area contributed by atoms with Gasteiger partial charge in [-0.25, -0.2) is 17.5 Å². The molecule has 5 rings (SSSR count). The van der Waals surface area contributed by atoms with Gasteiger partial charge in [-0.05, 0) is 92.5 Å². The van der Waals surface area contributed by atoms with Crippen molar-refractivity contribution in [1.29, 1.82) is 0 Å². The minimum absolute atomic E-state index is 0.150. The molecule has 6 nitrogen and oxygen atoms in total. The van der Waals surface area contributed by atoms with E-state index in [2.05, 4.69) is 28.4 Å². The van der Waals surface area contributed by atoms with Crippen LogP contribution >= 0.6 is 23.2 Å². The van der Waals surface area contributed by atoms with Crippen LogP contribution in [0, 0.1) is 5.82 Å². The van der Waals surface area contributed by atoms with Gasteiger partial charge in [0.25, 0.3) is 5.91 Å². The van der Waals surface area contributed by atoms with Gasteiger partial charge in [-0.2, -0.15) is 0 Å². The normalized spacial score (nSPS) is 22.1. The Morgan fingerprint density at radius 1 is 1.08 bits per heavy atom. The van der Waals surface area contributed by atoms with Crippen molar-refractivity contribution in [2.24, 2.45) is 0 Å². The van der Waals surface area contributed by atoms with Crippen molar-refractivity contribution >= 4 is 39.1 Å². The predicted molar refractivity (Wildman–Crippen MR) is 144 cm³/mol. The molecular formula is C27H32Cl2FN3O3S. The van der Waals surface area contributed by atoms with Crippen molar-refractivity contribution in [3.63, 3.8) is 0 Å². The summed E-state index contributed by atoms with van der Waals surface area (Å²) in [6.07, 6.45) is 3.05. The summed E-state index contributed by atoms with van der Waals surface area (Å²) >= 11 is 12.4. The van der Waals surface area contributed by atoms with Crippen LogP contribution in [0.25, 0.3) is 0 Å². The molecule has 3 aliphatic rings. The molecule has 1 heterocycles. The average molecular weight is 569 g/mol. The number of rotatable bonds is 8. The molecule has 1 unspecified atom stereocenters. The van der Waals surface area contributed by atoms with Gasteiger partial charge in [-0.15, -0.1) is 0 Å². The quantitative estimate of drug-likeness (QED) is 0.456. The summed E-state index contributed by atoms with van der Waals surface area (Å²) in [6.45, 7) is 7.39. The van der Waals surface area contributed by atoms with Crippen molar-refractivity contribution in [3.8, 4) is 0 Å². The van der Waals surface area contributed by atoms with Crippen LogP contribution in [0.4, 0.5) is 4.39 Å². The monoisotopic (exact) mass is 567 g/mol. The summed E-state index contributed by atoms with van der Waals surface area (Å²) in [5.74, 6) is -1.27. The number of nitrogens with zero attached hydrogens (tertiary/aromatic N) is 2. The van der Waals surface area contributed by atoms with E-state index in [1.165, 1.54) is 6.07 Å². The molecule has 1 amide bonds. The first-order valence-corrected chi connectivity index (χ1v) is 15.1. The van der Waals surface area contributed by atoms with Crippen molar-refractivity contribution < 1.29 is 17.6 Å². The highest BCUT2D eigenvalue weighted by molar-refractivity contribution is 7.91. The molecule has 2 aliphatic carbocycles. The zero-order valence-corrected chi connectivity index (χ0v) is 23.3. The average Bonchev–Trinajstić information content (AvgIpc) is 3.71. The number of halogens is 3. The van der Waals surface area contributed by atoms with Gasteiger partial charge in [0.1, 0.15) is 5.82 Å². The largest absolute Gasteiger partial charge is 0.296 e. The number of carbonyl (C=O) groups is 1. The fourth-order valence-electron chi connectivity index (χ4n) is 5.38. The molecule has 3 fully saturated rings. The fraction of sp³-hybridized carbons (Fsp3) is 0.519. The van der Waals surface area contributed by atoms with E-state index >= 15 is 4.39 Å². The summed E-state index contributed by atoms with van der Waals surface area (Å²) in [4.78, 5) is 17.4. The molecule has 2 saturated carbocycles. The van der Waals surface area contributed by atoms with Crippen LogP contribution in [0.1, 0.15) is 78.5 Å². The highest BCUT2D eigenvalue weighted by Crippen LogP contribution is 2.43. The second kappa shape index (κ2) is 10.5. The lowest BCUT2D eigenvalue weighted by Gasteiger charge is -2.43. The van der Waals surface area contributed by atoms with Gasteiger partial charge in [0.2, 0.25) is 10.0 Å². The molecule has 0 bridgehead atoms. The summed E-state index contributed by atoms with van der Waals surface area (Å²) < 4.78 is 41.6. The Bertz CT molecular complexity index is 1290. The molecule has 1 aliphatic heterocycles. The maximum absolute atomic E-state index is 15.1. The van der Waals surface area contributed by atoms with E-state index in [1.54, 1.807) is 12.1 Å². The van der Waals surface area contributed by atoms with E-state index in [-0.39, 0.29) is 23.6 Å². The van der Waals surface area contributed by atoms with Gasteiger partial charge in [0, 0.05) is 48.3 Å². The maximum atomic E-state index is 15.1. The minimum atomic E-state index is -3.74. The van der Waals surface area contributed by atoms with E-state index < -0.39 is 27.0 Å². The van der Waals surface area contributed by atoms with Crippen LogP contribution in [-0.4, -0.2) is 55.1 Å². The van der Waals surface area contributed by atoms with Crippen molar-refractivity contribution in [3.05, 3.63) is 68.4 Å². The predicted octanol–water partition coefficient (Wildman–Crippen LogP) is 5.50. The number of hydrogen-bond acceptors (Lipinski definition) is 5. The third kappa shape index (κ3) is 6.14. The van der Waals surface area contributed by atoms with E-state index in [4.69, 9.17) is 23.2 Å². The number of hydrogen-bond donors (Lipinski definition) is 1. The van der Waals surface area contributed by atoms with Crippen LogP contribution in [-0.2, 0) is 16.6 Å². The molecular weight excluding hydrogens is 536 g/mol. The topological polar surface area (TPSA) is 69.7 Å². The standard InChI is InChI=1S/C27H32Cl2FN3O3S/c1-16-14-32(7-8-33(16)17(2)19-9-21(28)12-22(29)10-19)15-20-11-26(30)25(13-24(20)18-3-4-18)27(34)31-37(35,36)23-5-6-23/h9-13,16-18,23H,3-8,14-15H2,1-2H3,(H,31,34)/t16?,17-/m1/s1. The molecule has 1 saturated heterocycles. The van der Waals surface area contributed by atoms with Crippen molar-refractivity contribution in [2.75, 3.05) is 19.6 Å². The Morgan fingerprint density at radius 2 is 1.76 bits per heavy atom. The first-order chi connectivity index (χ1) is 17.5. The molecule has 2 aromatic carbocycles. The molecule has 0 spiro atoms. The maximum Gasteiger partial charge on any atom is 0.267 e. The smallest absolute Gasteiger partial charge is 0.267 e. The van der Waals surface area contributed by atoms with Gasteiger partial charge < -0.3 is 0 Å². The van der Waals surface area contributed by atoms with Gasteiger partial charge in [-0.1, -0.05) is 23.2 Å². The van der Waals surface area contributed by atoms with Gasteiger partial charge in [-0.3, -0.25) is 14.6 Å². The van der Waals surface area contributed by atoms with Gasteiger partial charge in [0.05, 0.1) is 10.8 Å². The van der Waals surface area contributed by atoms with Gasteiger partial charge in [0.15, 0.2) is 0 Å². The Kier molecular flexibility index (Phi) is 7.59. The van der Waals surface area contributed by atoms with Crippen LogP contribution in [0.3, 0.4) is 0 Å². The number of amides is 1. The second-order valence-electron chi connectivity index (χ2n) is 10.7. The Labute approximate surface area is 228 Å². The zero-order valence-electron chi connectivity index (χ0n) is 21.0. The molecule has 2 aromatic rings. The van der Waals surface area contributed by atoms with E-state index in [0.29, 0.717) is 29.4 Å². The van der Waals surface area contributed by atoms with E-state index in [1.807, 2.05) is 12.1 Å². The summed E-state index contributed by atoms with van der Waals surface area (Å²) in [6, 6.07) is 9.05. The van der Waals surface area contributed by atoms with E-state index in [9.17, 15) is 13.2 Å².